The van der Waals surface area contributed by atoms with Crippen LogP contribution in [0.25, 0.3) is 11.0 Å². The summed E-state index contributed by atoms with van der Waals surface area (Å²) in [6.07, 6.45) is 5.31. The number of para-hydroxylation sites is 2. The van der Waals surface area contributed by atoms with Gasteiger partial charge in [-0.3, -0.25) is 18.7 Å². The molecule has 0 radical (unpaired) electrons. The molecule has 7 nitrogen and oxygen atoms in total. The summed E-state index contributed by atoms with van der Waals surface area (Å²) in [7, 11) is 0. The Hall–Kier alpha value is -2.57. The Labute approximate surface area is 164 Å². The minimum absolute atomic E-state index is 0.164. The zero-order chi connectivity index (χ0) is 20.1. The van der Waals surface area contributed by atoms with Crippen LogP contribution in [0.15, 0.2) is 29.1 Å². The number of aromatic nitrogens is 2. The third-order valence-electron chi connectivity index (χ3n) is 5.29. The lowest BCUT2D eigenvalue weighted by molar-refractivity contribution is -0.155. The van der Waals surface area contributed by atoms with Crippen molar-refractivity contribution in [2.75, 3.05) is 0 Å². The molecular formula is C21H29N3O4. The molecule has 1 aliphatic carbocycles. The van der Waals surface area contributed by atoms with Crippen molar-refractivity contribution < 1.29 is 14.3 Å². The summed E-state index contributed by atoms with van der Waals surface area (Å²) < 4.78 is 8.40. The molecule has 1 heterocycles. The van der Waals surface area contributed by atoms with Crippen molar-refractivity contribution in [2.24, 2.45) is 0 Å². The number of hydrogen-bond acceptors (Lipinski definition) is 4. The lowest BCUT2D eigenvalue weighted by atomic mass is 9.95. The van der Waals surface area contributed by atoms with Crippen molar-refractivity contribution in [3.05, 3.63) is 34.7 Å². The standard InChI is InChI=1S/C21H29N3O4/c1-3-13-23-17-11-7-8-12-18(17)24(21(23)27)14-19(25)28-15(2)20(26)22-16-9-5-4-6-10-16/h7-8,11-12,15-16H,3-6,9-10,13-14H2,1-2H3,(H,22,26). The molecule has 1 unspecified atom stereocenters. The van der Waals surface area contributed by atoms with Gasteiger partial charge in [0, 0.05) is 12.6 Å². The summed E-state index contributed by atoms with van der Waals surface area (Å²) in [4.78, 5) is 37.5. The Morgan fingerprint density at radius 3 is 2.43 bits per heavy atom. The van der Waals surface area contributed by atoms with E-state index in [-0.39, 0.29) is 24.2 Å². The first-order valence-electron chi connectivity index (χ1n) is 10.2. The number of esters is 1. The molecule has 1 aromatic heterocycles. The second-order valence-corrected chi connectivity index (χ2v) is 7.48. The summed E-state index contributed by atoms with van der Waals surface area (Å²) in [6, 6.07) is 7.55. The lowest BCUT2D eigenvalue weighted by Crippen LogP contribution is -2.43. The largest absolute Gasteiger partial charge is 0.451 e. The minimum Gasteiger partial charge on any atom is -0.451 e. The van der Waals surface area contributed by atoms with Gasteiger partial charge in [0.2, 0.25) is 0 Å². The van der Waals surface area contributed by atoms with Crippen molar-refractivity contribution in [1.82, 2.24) is 14.5 Å². The highest BCUT2D eigenvalue weighted by atomic mass is 16.5. The monoisotopic (exact) mass is 387 g/mol. The maximum absolute atomic E-state index is 12.7. The predicted molar refractivity (Wildman–Crippen MR) is 107 cm³/mol. The summed E-state index contributed by atoms with van der Waals surface area (Å²) in [5, 5.41) is 2.96. The average Bonchev–Trinajstić information content (AvgIpc) is 2.95. The van der Waals surface area contributed by atoms with Gasteiger partial charge < -0.3 is 10.1 Å². The Balaban J connectivity index is 1.67. The number of ether oxygens (including phenoxy) is 1. The molecule has 2 aromatic rings. The van der Waals surface area contributed by atoms with Crippen molar-refractivity contribution >= 4 is 22.9 Å². The van der Waals surface area contributed by atoms with Gasteiger partial charge in [0.1, 0.15) is 6.54 Å². The van der Waals surface area contributed by atoms with Crippen LogP contribution in [-0.2, 0) is 27.4 Å². The molecule has 152 valence electrons. The van der Waals surface area contributed by atoms with E-state index in [1.807, 2.05) is 31.2 Å². The first kappa shape index (κ1) is 20.2. The number of imidazole rings is 1. The second kappa shape index (κ2) is 9.08. The number of hydrogen-bond donors (Lipinski definition) is 1. The number of nitrogens with one attached hydrogen (secondary N) is 1. The van der Waals surface area contributed by atoms with E-state index in [9.17, 15) is 14.4 Å². The number of fused-ring (bicyclic) bond motifs is 1. The van der Waals surface area contributed by atoms with E-state index in [2.05, 4.69) is 5.32 Å². The van der Waals surface area contributed by atoms with Crippen molar-refractivity contribution in [3.63, 3.8) is 0 Å². The number of carbonyl (C=O) groups is 2. The van der Waals surface area contributed by atoms with Crippen molar-refractivity contribution in [1.29, 1.82) is 0 Å². The normalized spacial score (nSPS) is 16.1. The Morgan fingerprint density at radius 2 is 1.79 bits per heavy atom. The van der Waals surface area contributed by atoms with E-state index in [0.29, 0.717) is 12.1 Å². The first-order valence-corrected chi connectivity index (χ1v) is 10.2. The SMILES string of the molecule is CCCn1c(=O)n(CC(=O)OC(C)C(=O)NC2CCCCC2)c2ccccc21. The quantitative estimate of drug-likeness (QED) is 0.741. The molecule has 3 rings (SSSR count). The Kier molecular flexibility index (Phi) is 6.54. The van der Waals surface area contributed by atoms with Crippen LogP contribution >= 0.6 is 0 Å². The van der Waals surface area contributed by atoms with Gasteiger partial charge >= 0.3 is 11.7 Å². The number of nitrogens with zero attached hydrogens (tertiary/aromatic N) is 2. The van der Waals surface area contributed by atoms with E-state index in [1.54, 1.807) is 11.5 Å². The van der Waals surface area contributed by atoms with E-state index >= 15 is 0 Å². The molecule has 1 saturated carbocycles. The molecule has 28 heavy (non-hydrogen) atoms. The predicted octanol–water partition coefficient (Wildman–Crippen LogP) is 2.59. The highest BCUT2D eigenvalue weighted by Crippen LogP contribution is 2.17. The van der Waals surface area contributed by atoms with Gasteiger partial charge in [-0.2, -0.15) is 0 Å². The average molecular weight is 387 g/mol. The molecule has 0 saturated heterocycles. The molecule has 1 fully saturated rings. The number of rotatable bonds is 7. The van der Waals surface area contributed by atoms with Crippen LogP contribution in [0.4, 0.5) is 0 Å². The van der Waals surface area contributed by atoms with Gasteiger partial charge in [-0.25, -0.2) is 4.79 Å². The molecule has 1 aliphatic rings. The van der Waals surface area contributed by atoms with Crippen LogP contribution in [0.5, 0.6) is 0 Å². The van der Waals surface area contributed by atoms with E-state index < -0.39 is 12.1 Å². The Bertz CT molecular complexity index is 893. The third-order valence-corrected chi connectivity index (χ3v) is 5.29. The molecule has 0 bridgehead atoms. The lowest BCUT2D eigenvalue weighted by Gasteiger charge is -2.24. The van der Waals surface area contributed by atoms with Gasteiger partial charge in [0.05, 0.1) is 11.0 Å². The molecule has 1 N–H and O–H groups in total. The maximum atomic E-state index is 12.7. The fourth-order valence-corrected chi connectivity index (χ4v) is 3.85. The third kappa shape index (κ3) is 4.46. The van der Waals surface area contributed by atoms with E-state index in [4.69, 9.17) is 4.74 Å². The summed E-state index contributed by atoms with van der Waals surface area (Å²) in [5.41, 5.74) is 1.25. The van der Waals surface area contributed by atoms with Gasteiger partial charge in [0.25, 0.3) is 5.91 Å². The van der Waals surface area contributed by atoms with E-state index in [0.717, 1.165) is 37.6 Å². The summed E-state index contributed by atoms with van der Waals surface area (Å²) in [5.74, 6) is -0.867. The Morgan fingerprint density at radius 1 is 1.14 bits per heavy atom. The van der Waals surface area contributed by atoms with Crippen molar-refractivity contribution in [2.45, 2.75) is 77.6 Å². The molecule has 7 heteroatoms. The van der Waals surface area contributed by atoms with Crippen LogP contribution in [0.2, 0.25) is 0 Å². The number of carbonyl (C=O) groups excluding carboxylic acids is 2. The molecule has 1 atom stereocenters. The van der Waals surface area contributed by atoms with Crippen LogP contribution < -0.4 is 11.0 Å². The highest BCUT2D eigenvalue weighted by molar-refractivity contribution is 5.84. The van der Waals surface area contributed by atoms with E-state index in [1.165, 1.54) is 11.0 Å². The molecule has 1 amide bonds. The fraction of sp³-hybridized carbons (Fsp3) is 0.571. The molecular weight excluding hydrogens is 358 g/mol. The van der Waals surface area contributed by atoms with Gasteiger partial charge in [-0.15, -0.1) is 0 Å². The number of aryl methyl sites for hydroxylation is 1. The zero-order valence-corrected chi connectivity index (χ0v) is 16.6. The van der Waals surface area contributed by atoms with Crippen LogP contribution in [0.3, 0.4) is 0 Å². The fourth-order valence-electron chi connectivity index (χ4n) is 3.85. The molecule has 1 aromatic carbocycles. The van der Waals surface area contributed by atoms with Gasteiger partial charge in [-0.1, -0.05) is 38.3 Å². The minimum atomic E-state index is -0.880. The summed E-state index contributed by atoms with van der Waals surface area (Å²) >= 11 is 0. The molecule has 0 aliphatic heterocycles. The van der Waals surface area contributed by atoms with Crippen LogP contribution in [-0.4, -0.2) is 33.2 Å². The molecule has 0 spiro atoms. The van der Waals surface area contributed by atoms with Crippen LogP contribution in [0, 0.1) is 0 Å². The smallest absolute Gasteiger partial charge is 0.329 e. The summed E-state index contributed by atoms with van der Waals surface area (Å²) in [6.45, 7) is 3.94. The maximum Gasteiger partial charge on any atom is 0.329 e. The van der Waals surface area contributed by atoms with Crippen molar-refractivity contribution in [3.8, 4) is 0 Å². The zero-order valence-electron chi connectivity index (χ0n) is 16.6. The topological polar surface area (TPSA) is 82.3 Å². The van der Waals surface area contributed by atoms with Gasteiger partial charge in [-0.05, 0) is 38.3 Å². The van der Waals surface area contributed by atoms with Crippen LogP contribution in [0.1, 0.15) is 52.4 Å². The highest BCUT2D eigenvalue weighted by Gasteiger charge is 2.23. The number of amides is 1. The van der Waals surface area contributed by atoms with Gasteiger partial charge in [0.15, 0.2) is 6.10 Å². The number of benzene rings is 1. The first-order chi connectivity index (χ1) is 13.5. The second-order valence-electron chi connectivity index (χ2n) is 7.48.